The Hall–Kier alpha value is -1.26. The van der Waals surface area contributed by atoms with E-state index in [1.54, 1.807) is 0 Å². The number of nitrogens with two attached hydrogens (primary N) is 1. The fourth-order valence-electron chi connectivity index (χ4n) is 2.65. The zero-order chi connectivity index (χ0) is 15.2. The Bertz CT molecular complexity index is 486. The fraction of sp³-hybridized carbons (Fsp3) is 0.588. The molecule has 124 valence electrons. The van der Waals surface area contributed by atoms with Gasteiger partial charge in [-0.25, -0.2) is 0 Å². The largest absolute Gasteiger partial charge is 0.490 e. The number of carbonyl (C=O) groups is 1. The van der Waals surface area contributed by atoms with Crippen molar-refractivity contribution in [2.75, 3.05) is 19.6 Å². The maximum atomic E-state index is 12.0. The van der Waals surface area contributed by atoms with Crippen LogP contribution in [0.2, 0.25) is 0 Å². The second kappa shape index (κ2) is 9.01. The zero-order valence-corrected chi connectivity index (χ0v) is 14.3. The van der Waals surface area contributed by atoms with Crippen LogP contribution in [0.15, 0.2) is 18.2 Å². The molecule has 0 atom stereocenters. The van der Waals surface area contributed by atoms with Gasteiger partial charge >= 0.3 is 0 Å². The fourth-order valence-corrected chi connectivity index (χ4v) is 2.65. The number of amides is 1. The van der Waals surface area contributed by atoms with Gasteiger partial charge in [0.05, 0.1) is 0 Å². The Morgan fingerprint density at radius 1 is 1.32 bits per heavy atom. The Kier molecular flexibility index (Phi) is 7.69. The zero-order valence-electron chi connectivity index (χ0n) is 13.5. The maximum Gasteiger partial charge on any atom is 0.222 e. The van der Waals surface area contributed by atoms with Gasteiger partial charge < -0.3 is 15.4 Å². The highest BCUT2D eigenvalue weighted by molar-refractivity contribution is 5.85. The topological polar surface area (TPSA) is 55.6 Å². The minimum Gasteiger partial charge on any atom is -0.490 e. The molecule has 4 nitrogen and oxygen atoms in total. The van der Waals surface area contributed by atoms with Gasteiger partial charge in [-0.3, -0.25) is 4.79 Å². The number of rotatable bonds is 5. The average molecular weight is 327 g/mol. The smallest absolute Gasteiger partial charge is 0.222 e. The van der Waals surface area contributed by atoms with E-state index in [1.165, 1.54) is 11.1 Å². The molecular weight excluding hydrogens is 300 g/mol. The minimum atomic E-state index is 0. The number of piperidine rings is 1. The first-order chi connectivity index (χ1) is 10.1. The van der Waals surface area contributed by atoms with Gasteiger partial charge in [0.15, 0.2) is 0 Å². The lowest BCUT2D eigenvalue weighted by Gasteiger charge is -2.32. The van der Waals surface area contributed by atoms with Crippen molar-refractivity contribution in [3.05, 3.63) is 29.3 Å². The Morgan fingerprint density at radius 2 is 2.00 bits per heavy atom. The van der Waals surface area contributed by atoms with Gasteiger partial charge in [-0.2, -0.15) is 0 Å². The van der Waals surface area contributed by atoms with Gasteiger partial charge in [-0.15, -0.1) is 12.4 Å². The van der Waals surface area contributed by atoms with E-state index >= 15 is 0 Å². The number of hydrogen-bond donors (Lipinski definition) is 1. The highest BCUT2D eigenvalue weighted by Gasteiger charge is 2.23. The second-order valence-electron chi connectivity index (χ2n) is 5.86. The summed E-state index contributed by atoms with van der Waals surface area (Å²) in [5, 5.41) is 0. The molecule has 0 spiro atoms. The maximum absolute atomic E-state index is 12.0. The van der Waals surface area contributed by atoms with Crippen LogP contribution in [0.5, 0.6) is 5.75 Å². The van der Waals surface area contributed by atoms with E-state index in [1.807, 2.05) is 4.90 Å². The number of ether oxygens (including phenoxy) is 1. The van der Waals surface area contributed by atoms with Crippen molar-refractivity contribution in [3.8, 4) is 5.75 Å². The summed E-state index contributed by atoms with van der Waals surface area (Å²) in [4.78, 5) is 13.9. The van der Waals surface area contributed by atoms with Gasteiger partial charge in [0.2, 0.25) is 5.91 Å². The molecule has 0 radical (unpaired) electrons. The first-order valence-corrected chi connectivity index (χ1v) is 7.82. The molecule has 0 aromatic heterocycles. The molecule has 0 bridgehead atoms. The van der Waals surface area contributed by atoms with Gasteiger partial charge in [-0.1, -0.05) is 12.1 Å². The highest BCUT2D eigenvalue weighted by atomic mass is 35.5. The van der Waals surface area contributed by atoms with Crippen molar-refractivity contribution in [1.29, 1.82) is 0 Å². The summed E-state index contributed by atoms with van der Waals surface area (Å²) in [6.45, 7) is 6.31. The average Bonchev–Trinajstić information content (AvgIpc) is 2.49. The lowest BCUT2D eigenvalue weighted by Crippen LogP contribution is -2.41. The van der Waals surface area contributed by atoms with Gasteiger partial charge in [-0.05, 0) is 44.0 Å². The van der Waals surface area contributed by atoms with E-state index in [0.29, 0.717) is 13.0 Å². The van der Waals surface area contributed by atoms with Crippen molar-refractivity contribution in [3.63, 3.8) is 0 Å². The van der Waals surface area contributed by atoms with Crippen LogP contribution in [0.4, 0.5) is 0 Å². The third-order valence-electron chi connectivity index (χ3n) is 4.03. The van der Waals surface area contributed by atoms with Gasteiger partial charge in [0.25, 0.3) is 0 Å². The normalized spacial score (nSPS) is 15.3. The molecule has 0 aliphatic carbocycles. The summed E-state index contributed by atoms with van der Waals surface area (Å²) in [6, 6.07) is 6.28. The van der Waals surface area contributed by atoms with E-state index in [-0.39, 0.29) is 24.4 Å². The summed E-state index contributed by atoms with van der Waals surface area (Å²) >= 11 is 0. The number of halogens is 1. The van der Waals surface area contributed by atoms with Crippen molar-refractivity contribution >= 4 is 18.3 Å². The minimum absolute atomic E-state index is 0. The van der Waals surface area contributed by atoms with Crippen LogP contribution in [0, 0.1) is 13.8 Å². The molecule has 5 heteroatoms. The number of benzene rings is 1. The van der Waals surface area contributed by atoms with E-state index in [9.17, 15) is 4.79 Å². The van der Waals surface area contributed by atoms with Crippen molar-refractivity contribution in [2.45, 2.75) is 45.6 Å². The summed E-state index contributed by atoms with van der Waals surface area (Å²) in [5.41, 5.74) is 7.83. The first-order valence-electron chi connectivity index (χ1n) is 7.82. The molecule has 1 fully saturated rings. The molecule has 1 aliphatic heterocycles. The third-order valence-corrected chi connectivity index (χ3v) is 4.03. The predicted molar refractivity (Wildman–Crippen MR) is 91.7 cm³/mol. The van der Waals surface area contributed by atoms with Crippen LogP contribution >= 0.6 is 12.4 Å². The molecule has 0 unspecified atom stereocenters. The van der Waals surface area contributed by atoms with E-state index in [0.717, 1.165) is 38.1 Å². The quantitative estimate of drug-likeness (QED) is 0.905. The molecule has 1 heterocycles. The highest BCUT2D eigenvalue weighted by Crippen LogP contribution is 2.24. The number of carbonyl (C=O) groups excluding carboxylic acids is 1. The number of nitrogens with zero attached hydrogens (tertiary/aromatic N) is 1. The van der Waals surface area contributed by atoms with Crippen LogP contribution < -0.4 is 10.5 Å². The Balaban J connectivity index is 0.00000242. The molecule has 0 saturated carbocycles. The molecule has 1 aliphatic rings. The van der Waals surface area contributed by atoms with E-state index in [4.69, 9.17) is 10.5 Å². The monoisotopic (exact) mass is 326 g/mol. The van der Waals surface area contributed by atoms with Crippen LogP contribution in [-0.4, -0.2) is 36.5 Å². The van der Waals surface area contributed by atoms with Gasteiger partial charge in [0.1, 0.15) is 11.9 Å². The number of likely N-dealkylation sites (tertiary alicyclic amines) is 1. The molecule has 2 N–H and O–H groups in total. The third kappa shape index (κ3) is 5.18. The van der Waals surface area contributed by atoms with E-state index < -0.39 is 0 Å². The molecule has 1 aromatic rings. The van der Waals surface area contributed by atoms with Crippen molar-refractivity contribution in [2.24, 2.45) is 5.73 Å². The number of hydrogen-bond acceptors (Lipinski definition) is 3. The molecular formula is C17H27ClN2O2. The summed E-state index contributed by atoms with van der Waals surface area (Å²) < 4.78 is 6.12. The summed E-state index contributed by atoms with van der Waals surface area (Å²) in [5.74, 6) is 1.20. The lowest BCUT2D eigenvalue weighted by molar-refractivity contribution is -0.133. The molecule has 1 saturated heterocycles. The predicted octanol–water partition coefficient (Wildman–Crippen LogP) is 2.83. The molecule has 2 rings (SSSR count). The van der Waals surface area contributed by atoms with Crippen LogP contribution in [0.25, 0.3) is 0 Å². The first kappa shape index (κ1) is 18.8. The second-order valence-corrected chi connectivity index (χ2v) is 5.86. The van der Waals surface area contributed by atoms with Crippen LogP contribution in [-0.2, 0) is 4.79 Å². The van der Waals surface area contributed by atoms with Crippen molar-refractivity contribution < 1.29 is 9.53 Å². The molecule has 1 aromatic carbocycles. The van der Waals surface area contributed by atoms with Gasteiger partial charge in [0, 0.05) is 32.4 Å². The van der Waals surface area contributed by atoms with Crippen LogP contribution in [0.1, 0.15) is 36.8 Å². The molecule has 1 amide bonds. The Morgan fingerprint density at radius 3 is 2.64 bits per heavy atom. The molecule has 22 heavy (non-hydrogen) atoms. The SMILES string of the molecule is Cc1ccc(C)c(OC2CCN(C(=O)CCCN)CC2)c1.Cl. The Labute approximate surface area is 139 Å². The number of aryl methyl sites for hydroxylation is 2. The van der Waals surface area contributed by atoms with E-state index in [2.05, 4.69) is 32.0 Å². The standard InChI is InChI=1S/C17H26N2O2.ClH/c1-13-5-6-14(2)16(12-13)21-15-7-10-19(11-8-15)17(20)4-3-9-18;/h5-6,12,15H,3-4,7-11,18H2,1-2H3;1H. The summed E-state index contributed by atoms with van der Waals surface area (Å²) in [7, 11) is 0. The summed E-state index contributed by atoms with van der Waals surface area (Å²) in [6.07, 6.45) is 3.37. The lowest BCUT2D eigenvalue weighted by atomic mass is 10.1. The van der Waals surface area contributed by atoms with Crippen molar-refractivity contribution in [1.82, 2.24) is 4.90 Å². The van der Waals surface area contributed by atoms with Crippen LogP contribution in [0.3, 0.4) is 0 Å².